The molecular weight excluding hydrogens is 512 g/mol. The fourth-order valence-electron chi connectivity index (χ4n) is 5.41. The van der Waals surface area contributed by atoms with Gasteiger partial charge >= 0.3 is 5.97 Å². The standard InChI is InChI=1S/C35H62N2O4/c1-4-5-6-7-8-9-10-11-12-13-14-15-16-17-18-22-27-36-31(28-30-23-20-19-21-24-30)32(38)25-26-33(39)37-34(29(2)3)35(40)41/h19-21,23-24,29,31-32,34,36,38H,4-18,22,25-28H2,1-3H3,(H,37,39)(H,40,41)/t31-,32?,34?/m0/s1. The van der Waals surface area contributed by atoms with Crippen molar-refractivity contribution in [2.45, 2.75) is 161 Å². The minimum absolute atomic E-state index is 0.101. The van der Waals surface area contributed by atoms with E-state index in [2.05, 4.69) is 29.7 Å². The molecule has 0 spiro atoms. The Bertz CT molecular complexity index is 771. The minimum Gasteiger partial charge on any atom is -0.480 e. The summed E-state index contributed by atoms with van der Waals surface area (Å²) in [5, 5.41) is 26.4. The quantitative estimate of drug-likeness (QED) is 0.0803. The van der Waals surface area contributed by atoms with Gasteiger partial charge in [-0.1, -0.05) is 147 Å². The maximum Gasteiger partial charge on any atom is 0.326 e. The molecule has 236 valence electrons. The summed E-state index contributed by atoms with van der Waals surface area (Å²) >= 11 is 0. The molecule has 0 aliphatic heterocycles. The molecule has 6 heteroatoms. The number of carbonyl (C=O) groups excluding carboxylic acids is 1. The van der Waals surface area contributed by atoms with Crippen LogP contribution < -0.4 is 10.6 Å². The summed E-state index contributed by atoms with van der Waals surface area (Å²) in [5.74, 6) is -1.56. The van der Waals surface area contributed by atoms with Gasteiger partial charge in [-0.2, -0.15) is 0 Å². The van der Waals surface area contributed by atoms with Gasteiger partial charge in [0, 0.05) is 12.5 Å². The van der Waals surface area contributed by atoms with Gasteiger partial charge in [-0.15, -0.1) is 0 Å². The number of amides is 1. The third-order valence-electron chi connectivity index (χ3n) is 8.12. The summed E-state index contributed by atoms with van der Waals surface area (Å²) in [6.45, 7) is 6.66. The molecule has 0 saturated heterocycles. The zero-order valence-corrected chi connectivity index (χ0v) is 26.5. The van der Waals surface area contributed by atoms with Crippen molar-refractivity contribution in [1.82, 2.24) is 10.6 Å². The van der Waals surface area contributed by atoms with Gasteiger partial charge in [0.1, 0.15) is 6.04 Å². The number of carbonyl (C=O) groups is 2. The predicted octanol–water partition coefficient (Wildman–Crippen LogP) is 7.82. The first-order valence-corrected chi connectivity index (χ1v) is 16.8. The number of hydrogen-bond acceptors (Lipinski definition) is 4. The van der Waals surface area contributed by atoms with Crippen molar-refractivity contribution < 1.29 is 19.8 Å². The van der Waals surface area contributed by atoms with Crippen molar-refractivity contribution in [3.05, 3.63) is 35.9 Å². The molecule has 0 bridgehead atoms. The highest BCUT2D eigenvalue weighted by molar-refractivity contribution is 5.83. The number of benzene rings is 1. The van der Waals surface area contributed by atoms with Gasteiger partial charge in [-0.25, -0.2) is 4.79 Å². The lowest BCUT2D eigenvalue weighted by Gasteiger charge is -2.25. The van der Waals surface area contributed by atoms with Crippen LogP contribution in [-0.2, 0) is 16.0 Å². The fourth-order valence-corrected chi connectivity index (χ4v) is 5.41. The monoisotopic (exact) mass is 574 g/mol. The molecule has 1 rings (SSSR count). The highest BCUT2D eigenvalue weighted by Gasteiger charge is 2.25. The van der Waals surface area contributed by atoms with E-state index in [1.54, 1.807) is 13.8 Å². The number of rotatable bonds is 27. The van der Waals surface area contributed by atoms with E-state index in [-0.39, 0.29) is 24.3 Å². The summed E-state index contributed by atoms with van der Waals surface area (Å²) in [4.78, 5) is 23.8. The molecule has 0 saturated carbocycles. The lowest BCUT2D eigenvalue weighted by atomic mass is 9.97. The summed E-state index contributed by atoms with van der Waals surface area (Å²) in [6, 6.07) is 9.04. The molecule has 0 heterocycles. The summed E-state index contributed by atoms with van der Waals surface area (Å²) in [6.07, 6.45) is 21.9. The molecule has 0 aromatic heterocycles. The van der Waals surface area contributed by atoms with Gasteiger partial charge in [0.2, 0.25) is 5.91 Å². The average Bonchev–Trinajstić information content (AvgIpc) is 2.95. The van der Waals surface area contributed by atoms with Gasteiger partial charge in [0.15, 0.2) is 0 Å². The number of aliphatic hydroxyl groups excluding tert-OH is 1. The van der Waals surface area contributed by atoms with Gasteiger partial charge in [0.05, 0.1) is 6.10 Å². The highest BCUT2D eigenvalue weighted by atomic mass is 16.4. The van der Waals surface area contributed by atoms with Gasteiger partial charge in [0.25, 0.3) is 0 Å². The number of aliphatic hydroxyl groups is 1. The molecule has 1 aromatic carbocycles. The Morgan fingerprint density at radius 3 is 1.71 bits per heavy atom. The zero-order chi connectivity index (χ0) is 30.1. The smallest absolute Gasteiger partial charge is 0.326 e. The van der Waals surface area contributed by atoms with E-state index in [9.17, 15) is 19.8 Å². The van der Waals surface area contributed by atoms with Crippen LogP contribution in [0.4, 0.5) is 0 Å². The van der Waals surface area contributed by atoms with E-state index >= 15 is 0 Å². The molecule has 1 aromatic rings. The van der Waals surface area contributed by atoms with Gasteiger partial charge in [-0.05, 0) is 37.3 Å². The molecule has 4 N–H and O–H groups in total. The Morgan fingerprint density at radius 2 is 1.24 bits per heavy atom. The maximum absolute atomic E-state index is 12.4. The second-order valence-electron chi connectivity index (χ2n) is 12.3. The molecule has 0 radical (unpaired) electrons. The van der Waals surface area contributed by atoms with Gasteiger partial charge in [-0.3, -0.25) is 4.79 Å². The third-order valence-corrected chi connectivity index (χ3v) is 8.12. The topological polar surface area (TPSA) is 98.7 Å². The van der Waals surface area contributed by atoms with Gasteiger partial charge < -0.3 is 20.8 Å². The lowest BCUT2D eigenvalue weighted by molar-refractivity contribution is -0.143. The van der Waals surface area contributed by atoms with Crippen molar-refractivity contribution in [2.24, 2.45) is 5.92 Å². The Hall–Kier alpha value is -1.92. The first kappa shape index (κ1) is 37.1. The Balaban J connectivity index is 2.23. The molecule has 6 nitrogen and oxygen atoms in total. The van der Waals surface area contributed by atoms with Crippen LogP contribution in [-0.4, -0.2) is 46.8 Å². The van der Waals surface area contributed by atoms with Crippen molar-refractivity contribution in [3.63, 3.8) is 0 Å². The van der Waals surface area contributed by atoms with Crippen LogP contribution in [0.5, 0.6) is 0 Å². The van der Waals surface area contributed by atoms with Crippen LogP contribution in [0.3, 0.4) is 0 Å². The van der Waals surface area contributed by atoms with E-state index in [1.807, 2.05) is 18.2 Å². The van der Waals surface area contributed by atoms with Crippen LogP contribution in [0, 0.1) is 5.92 Å². The Morgan fingerprint density at radius 1 is 0.756 bits per heavy atom. The Kier molecular flexibility index (Phi) is 22.3. The molecule has 0 fully saturated rings. The van der Waals surface area contributed by atoms with E-state index < -0.39 is 18.1 Å². The molecule has 1 amide bonds. The average molecular weight is 575 g/mol. The second-order valence-corrected chi connectivity index (χ2v) is 12.3. The summed E-state index contributed by atoms with van der Waals surface area (Å²) in [5.41, 5.74) is 1.14. The second kappa shape index (κ2) is 24.7. The Labute approximate surface area is 251 Å². The zero-order valence-electron chi connectivity index (χ0n) is 26.5. The highest BCUT2D eigenvalue weighted by Crippen LogP contribution is 2.15. The van der Waals surface area contributed by atoms with Crippen molar-refractivity contribution >= 4 is 11.9 Å². The van der Waals surface area contributed by atoms with Crippen LogP contribution in [0.25, 0.3) is 0 Å². The van der Waals surface area contributed by atoms with Crippen molar-refractivity contribution in [2.75, 3.05) is 6.54 Å². The largest absolute Gasteiger partial charge is 0.480 e. The SMILES string of the molecule is CCCCCCCCCCCCCCCCCCN[C@@H](Cc1ccccc1)C(O)CCC(=O)NC(C(=O)O)C(C)C. The van der Waals surface area contributed by atoms with E-state index in [4.69, 9.17) is 0 Å². The van der Waals surface area contributed by atoms with E-state index in [1.165, 1.54) is 96.3 Å². The minimum atomic E-state index is -1.03. The van der Waals surface area contributed by atoms with Crippen LogP contribution in [0.1, 0.15) is 142 Å². The number of aliphatic carboxylic acids is 1. The predicted molar refractivity (Wildman–Crippen MR) is 171 cm³/mol. The number of hydrogen-bond donors (Lipinski definition) is 4. The number of carboxylic acid groups (broad SMARTS) is 1. The molecule has 0 aliphatic carbocycles. The first-order chi connectivity index (χ1) is 19.8. The summed E-state index contributed by atoms with van der Waals surface area (Å²) < 4.78 is 0. The number of carboxylic acids is 1. The van der Waals surface area contributed by atoms with Crippen molar-refractivity contribution in [1.29, 1.82) is 0 Å². The molecule has 3 atom stereocenters. The van der Waals surface area contributed by atoms with Crippen LogP contribution >= 0.6 is 0 Å². The van der Waals surface area contributed by atoms with Crippen LogP contribution in [0.2, 0.25) is 0 Å². The molecule has 2 unspecified atom stereocenters. The summed E-state index contributed by atoms with van der Waals surface area (Å²) in [7, 11) is 0. The van der Waals surface area contributed by atoms with Crippen LogP contribution in [0.15, 0.2) is 30.3 Å². The normalized spacial score (nSPS) is 13.7. The third kappa shape index (κ3) is 19.8. The maximum atomic E-state index is 12.4. The van der Waals surface area contributed by atoms with Crippen molar-refractivity contribution in [3.8, 4) is 0 Å². The molecule has 0 aliphatic rings. The number of unbranched alkanes of at least 4 members (excludes halogenated alkanes) is 15. The first-order valence-electron chi connectivity index (χ1n) is 16.8. The van der Waals surface area contributed by atoms with E-state index in [0.717, 1.165) is 18.5 Å². The van der Waals surface area contributed by atoms with E-state index in [0.29, 0.717) is 12.8 Å². The molecule has 41 heavy (non-hydrogen) atoms. The number of nitrogens with one attached hydrogen (secondary N) is 2. The molecular formula is C35H62N2O4. The fraction of sp³-hybridized carbons (Fsp3) is 0.771. The lowest BCUT2D eigenvalue weighted by Crippen LogP contribution is -2.45.